The summed E-state index contributed by atoms with van der Waals surface area (Å²) in [5, 5.41) is 33.0. The van der Waals surface area contributed by atoms with Crippen LogP contribution in [0.1, 0.15) is 126 Å². The number of amides is 1. The van der Waals surface area contributed by atoms with Gasteiger partial charge in [-0.05, 0) is 107 Å². The molecule has 1 saturated carbocycles. The van der Waals surface area contributed by atoms with Gasteiger partial charge in [-0.3, -0.25) is 19.2 Å². The number of fused-ring (bicyclic) bond motifs is 3. The van der Waals surface area contributed by atoms with Crippen LogP contribution in [0.25, 0.3) is 0 Å². The van der Waals surface area contributed by atoms with Crippen LogP contribution in [-0.2, 0) is 57.1 Å². The zero-order valence-corrected chi connectivity index (χ0v) is 44.3. The van der Waals surface area contributed by atoms with Crippen molar-refractivity contribution in [1.82, 2.24) is 4.90 Å². The van der Waals surface area contributed by atoms with Gasteiger partial charge < -0.3 is 53.4 Å². The number of carbonyl (C=O) groups excluding carboxylic acids is 5. The fourth-order valence-corrected chi connectivity index (χ4v) is 10.7. The van der Waals surface area contributed by atoms with Gasteiger partial charge >= 0.3 is 5.97 Å². The third-order valence-corrected chi connectivity index (χ3v) is 15.2. The van der Waals surface area contributed by atoms with Crippen LogP contribution in [0, 0.1) is 35.5 Å². The summed E-state index contributed by atoms with van der Waals surface area (Å²) in [7, 11) is 4.58. The van der Waals surface area contributed by atoms with E-state index in [2.05, 4.69) is 0 Å². The van der Waals surface area contributed by atoms with E-state index >= 15 is 0 Å². The molecule has 1 amide bonds. The van der Waals surface area contributed by atoms with Gasteiger partial charge in [-0.25, -0.2) is 4.79 Å². The Balaban J connectivity index is 1.71. The molecule has 4 rings (SSSR count). The van der Waals surface area contributed by atoms with Crippen molar-refractivity contribution in [2.24, 2.45) is 35.5 Å². The smallest absolute Gasteiger partial charge is 0.329 e. The van der Waals surface area contributed by atoms with Gasteiger partial charge in [0, 0.05) is 58.5 Å². The second kappa shape index (κ2) is 29.4. The maximum absolute atomic E-state index is 14.5. The molecule has 71 heavy (non-hydrogen) atoms. The van der Waals surface area contributed by atoms with E-state index in [0.29, 0.717) is 63.5 Å². The van der Waals surface area contributed by atoms with Crippen LogP contribution in [0.4, 0.5) is 0 Å². The lowest BCUT2D eigenvalue weighted by molar-refractivity contribution is -0.266. The van der Waals surface area contributed by atoms with Gasteiger partial charge in [0.05, 0.1) is 50.8 Å². The van der Waals surface area contributed by atoms with Gasteiger partial charge in [-0.15, -0.1) is 0 Å². The van der Waals surface area contributed by atoms with Crippen LogP contribution >= 0.6 is 0 Å². The first-order valence-electron chi connectivity index (χ1n) is 26.1. The predicted octanol–water partition coefficient (Wildman–Crippen LogP) is 6.21. The van der Waals surface area contributed by atoms with Crippen LogP contribution in [0.5, 0.6) is 0 Å². The van der Waals surface area contributed by atoms with E-state index in [0.717, 1.165) is 12.0 Å². The number of allylic oxidation sites excluding steroid dienone is 6. The molecule has 4 aliphatic rings. The number of methoxy groups -OCH3 is 3. The first kappa shape index (κ1) is 60.1. The van der Waals surface area contributed by atoms with Gasteiger partial charge in [0.25, 0.3) is 11.7 Å². The van der Waals surface area contributed by atoms with Crippen LogP contribution in [0.15, 0.2) is 47.6 Å². The Morgan fingerprint density at radius 3 is 2.27 bits per heavy atom. The van der Waals surface area contributed by atoms with Gasteiger partial charge in [-0.1, -0.05) is 71.1 Å². The summed E-state index contributed by atoms with van der Waals surface area (Å²) in [6.45, 7) is 13.5. The Morgan fingerprint density at radius 2 is 1.58 bits per heavy atom. The Kier molecular flexibility index (Phi) is 24.9. The van der Waals surface area contributed by atoms with Crippen molar-refractivity contribution in [3.8, 4) is 0 Å². The van der Waals surface area contributed by atoms with Gasteiger partial charge in [0.1, 0.15) is 30.1 Å². The number of rotatable bonds is 12. The monoisotopic (exact) mass is 1000 g/mol. The van der Waals surface area contributed by atoms with Crippen molar-refractivity contribution in [1.29, 1.82) is 0 Å². The van der Waals surface area contributed by atoms with Crippen LogP contribution in [-0.4, -0.2) is 158 Å². The average molecular weight is 1000 g/mol. The zero-order chi connectivity index (χ0) is 52.4. The van der Waals surface area contributed by atoms with Gasteiger partial charge in [-0.2, -0.15) is 0 Å². The number of cyclic esters (lactones) is 1. The van der Waals surface area contributed by atoms with E-state index in [1.807, 2.05) is 58.1 Å². The van der Waals surface area contributed by atoms with E-state index in [9.17, 15) is 39.3 Å². The van der Waals surface area contributed by atoms with Crippen LogP contribution in [0.3, 0.4) is 0 Å². The van der Waals surface area contributed by atoms with Crippen molar-refractivity contribution in [2.45, 2.75) is 180 Å². The molecule has 3 heterocycles. The molecular weight excluding hydrogens is 915 g/mol. The maximum Gasteiger partial charge on any atom is 0.329 e. The summed E-state index contributed by atoms with van der Waals surface area (Å²) >= 11 is 0. The van der Waals surface area contributed by atoms with Crippen molar-refractivity contribution in [3.63, 3.8) is 0 Å². The molecule has 3 N–H and O–H groups in total. The lowest BCUT2D eigenvalue weighted by Gasteiger charge is -2.43. The normalized spacial score (nSPS) is 38.0. The molecule has 16 nitrogen and oxygen atoms in total. The molecule has 402 valence electrons. The van der Waals surface area contributed by atoms with Crippen molar-refractivity contribution >= 4 is 29.2 Å². The van der Waals surface area contributed by atoms with E-state index in [1.54, 1.807) is 41.1 Å². The molecule has 2 bridgehead atoms. The first-order chi connectivity index (χ1) is 33.8. The fraction of sp³-hybridized carbons (Fsp3) is 0.764. The molecule has 0 radical (unpaired) electrons. The zero-order valence-electron chi connectivity index (χ0n) is 44.3. The molecule has 15 atom stereocenters. The standard InChI is InChI=1S/C55H87NO15/c1-34-16-12-11-13-17-35(2)46(69-27-26-65-8)32-42-21-19-40(7)55(64,71-42)52(61)53(62)56-23-15-14-18-43(56)54(63)70-47(37(4)30-41-20-22-45(68-25-24-57)48(31-41)66-9)33-44(58)36(3)29-39(6)50(60)51(67-10)49(59)38(5)28-34/h11-13,16-17,29,34,36-38,40-43,45-48,50-51,57,60,64H,14-15,18-28,30-33H2,1-10H3/b13-11+,16-12+,35-17+,39-29+/t34-,36-,37-,38-,40-,41+,42+,43+,45-,46+,47+,48-,50-,51+,55-/m1/s1. The van der Waals surface area contributed by atoms with Gasteiger partial charge in [0.2, 0.25) is 5.79 Å². The number of hydrogen-bond donors (Lipinski definition) is 3. The third-order valence-electron chi connectivity index (χ3n) is 15.2. The summed E-state index contributed by atoms with van der Waals surface area (Å²) in [5.41, 5.74) is 1.24. The lowest BCUT2D eigenvalue weighted by atomic mass is 9.78. The minimum atomic E-state index is -2.46. The van der Waals surface area contributed by atoms with E-state index in [-0.39, 0.29) is 87.2 Å². The number of hydrogen-bond acceptors (Lipinski definition) is 15. The summed E-state index contributed by atoms with van der Waals surface area (Å²) in [4.78, 5) is 72.5. The number of aliphatic hydroxyl groups excluding tert-OH is 2. The summed E-state index contributed by atoms with van der Waals surface area (Å²) < 4.78 is 41.3. The lowest BCUT2D eigenvalue weighted by Crippen LogP contribution is -2.61. The second-order valence-corrected chi connectivity index (χ2v) is 20.8. The highest BCUT2D eigenvalue weighted by molar-refractivity contribution is 6.39. The average Bonchev–Trinajstić information content (AvgIpc) is 3.35. The largest absolute Gasteiger partial charge is 0.460 e. The maximum atomic E-state index is 14.5. The molecule has 0 aromatic rings. The number of ether oxygens (including phenoxy) is 7. The molecule has 0 aromatic carbocycles. The van der Waals surface area contributed by atoms with Gasteiger partial charge in [0.15, 0.2) is 5.78 Å². The Hall–Kier alpha value is -3.45. The van der Waals surface area contributed by atoms with E-state index < -0.39 is 77.8 Å². The van der Waals surface area contributed by atoms with Crippen molar-refractivity contribution < 1.29 is 72.5 Å². The highest BCUT2D eigenvalue weighted by atomic mass is 16.6. The molecular formula is C55H87NO15. The molecule has 0 spiro atoms. The third kappa shape index (κ3) is 17.0. The highest BCUT2D eigenvalue weighted by Crippen LogP contribution is 2.38. The van der Waals surface area contributed by atoms with Crippen LogP contribution in [0.2, 0.25) is 0 Å². The predicted molar refractivity (Wildman–Crippen MR) is 267 cm³/mol. The summed E-state index contributed by atoms with van der Waals surface area (Å²) in [6, 6.07) is -1.16. The van der Waals surface area contributed by atoms with Crippen molar-refractivity contribution in [2.75, 3.05) is 54.3 Å². The number of piperidine rings is 1. The van der Waals surface area contributed by atoms with E-state index in [4.69, 9.17) is 33.2 Å². The number of ketones is 3. The number of aliphatic hydroxyl groups is 3. The summed E-state index contributed by atoms with van der Waals surface area (Å²) in [6.07, 6.45) is 11.7. The topological polar surface area (TPSA) is 214 Å². The number of nitrogens with zero attached hydrogens (tertiary/aromatic N) is 1. The highest BCUT2D eigenvalue weighted by Gasteiger charge is 2.53. The quantitative estimate of drug-likeness (QED) is 0.0858. The number of Topliss-reactive ketones (excluding diaryl/α,β-unsaturated/α-hetero) is 3. The number of carbonyl (C=O) groups is 5. The second-order valence-electron chi connectivity index (χ2n) is 20.8. The Morgan fingerprint density at radius 1 is 0.831 bits per heavy atom. The first-order valence-corrected chi connectivity index (χ1v) is 26.1. The summed E-state index contributed by atoms with van der Waals surface area (Å²) in [5.74, 6) is -8.10. The molecule has 3 fully saturated rings. The SMILES string of the molecule is COCCO[C@H]1C[C@@H]2CC[C@@H](C)[C@@](O)(O2)C(=O)C(=O)N2CCCC[C@H]2C(=O)O[C@H]([C@H](C)C[C@@H]2CC[C@@H](OCCO)[C@H](OC)C2)CC(=O)[C@H](C)/C=C(\C)[C@@H](O)[C@@H](OC)C(=O)[C@H](C)C[C@H](C)/C=C/C=C/C=C/1C. The van der Waals surface area contributed by atoms with E-state index in [1.165, 1.54) is 12.0 Å². The minimum absolute atomic E-state index is 0.000431. The minimum Gasteiger partial charge on any atom is -0.460 e. The molecule has 1 aliphatic carbocycles. The molecule has 3 aliphatic heterocycles. The Labute approximate surface area is 422 Å². The molecule has 16 heteroatoms. The fourth-order valence-electron chi connectivity index (χ4n) is 10.7. The molecule has 0 aromatic heterocycles. The van der Waals surface area contributed by atoms with Crippen LogP contribution < -0.4 is 0 Å². The molecule has 2 saturated heterocycles. The number of esters is 1. The Bertz CT molecular complexity index is 1860. The molecule has 0 unspecified atom stereocenters. The van der Waals surface area contributed by atoms with Crippen molar-refractivity contribution in [3.05, 3.63) is 47.6 Å².